The standard InChI is InChI=1S/C13H23N3/c1-3-13(14)7-5-9-16(2)11-12-6-4-8-15-10-12/h4,6,8,10,13H,3,5,7,9,11,14H2,1-2H3. The molecule has 0 saturated carbocycles. The van der Waals surface area contributed by atoms with Crippen molar-refractivity contribution in [3.8, 4) is 0 Å². The molecule has 3 heteroatoms. The quantitative estimate of drug-likeness (QED) is 0.766. The predicted molar refractivity (Wildman–Crippen MR) is 68.1 cm³/mol. The normalized spacial score (nSPS) is 13.0. The Morgan fingerprint density at radius 3 is 2.94 bits per heavy atom. The summed E-state index contributed by atoms with van der Waals surface area (Å²) in [6.07, 6.45) is 7.10. The van der Waals surface area contributed by atoms with Gasteiger partial charge in [0.1, 0.15) is 0 Å². The fourth-order valence-electron chi connectivity index (χ4n) is 1.71. The second-order valence-corrected chi connectivity index (χ2v) is 4.41. The Morgan fingerprint density at radius 1 is 1.50 bits per heavy atom. The molecule has 2 N–H and O–H groups in total. The van der Waals surface area contributed by atoms with E-state index in [0.29, 0.717) is 6.04 Å². The van der Waals surface area contributed by atoms with Gasteiger partial charge in [-0.15, -0.1) is 0 Å². The largest absolute Gasteiger partial charge is 0.328 e. The van der Waals surface area contributed by atoms with Crippen LogP contribution in [-0.2, 0) is 6.54 Å². The molecule has 1 atom stereocenters. The van der Waals surface area contributed by atoms with Crippen LogP contribution in [0, 0.1) is 0 Å². The average Bonchev–Trinajstić information content (AvgIpc) is 2.30. The smallest absolute Gasteiger partial charge is 0.0312 e. The number of pyridine rings is 1. The highest BCUT2D eigenvalue weighted by Gasteiger charge is 2.02. The minimum absolute atomic E-state index is 0.367. The molecule has 0 spiro atoms. The van der Waals surface area contributed by atoms with E-state index in [1.54, 1.807) is 0 Å². The SMILES string of the molecule is CCC(N)CCCN(C)Cc1cccnc1. The number of nitrogens with two attached hydrogens (primary N) is 1. The average molecular weight is 221 g/mol. The van der Waals surface area contributed by atoms with Crippen LogP contribution >= 0.6 is 0 Å². The van der Waals surface area contributed by atoms with Crippen LogP contribution < -0.4 is 5.73 Å². The summed E-state index contributed by atoms with van der Waals surface area (Å²) in [5.74, 6) is 0. The lowest BCUT2D eigenvalue weighted by atomic mass is 10.1. The zero-order valence-corrected chi connectivity index (χ0v) is 10.4. The van der Waals surface area contributed by atoms with E-state index in [1.807, 2.05) is 18.5 Å². The van der Waals surface area contributed by atoms with Gasteiger partial charge in [-0.25, -0.2) is 0 Å². The number of hydrogen-bond acceptors (Lipinski definition) is 3. The van der Waals surface area contributed by atoms with Crippen LogP contribution in [-0.4, -0.2) is 29.5 Å². The summed E-state index contributed by atoms with van der Waals surface area (Å²) in [4.78, 5) is 6.43. The van der Waals surface area contributed by atoms with Gasteiger partial charge in [-0.2, -0.15) is 0 Å². The highest BCUT2D eigenvalue weighted by molar-refractivity contribution is 5.07. The third kappa shape index (κ3) is 5.24. The third-order valence-corrected chi connectivity index (χ3v) is 2.81. The summed E-state index contributed by atoms with van der Waals surface area (Å²) in [6.45, 7) is 4.21. The number of nitrogens with zero attached hydrogens (tertiary/aromatic N) is 2. The van der Waals surface area contributed by atoms with Crippen LogP contribution in [0.4, 0.5) is 0 Å². The lowest BCUT2D eigenvalue weighted by Crippen LogP contribution is -2.23. The molecule has 0 aromatic carbocycles. The molecule has 0 aliphatic heterocycles. The van der Waals surface area contributed by atoms with Crippen molar-refractivity contribution in [1.29, 1.82) is 0 Å². The molecule has 0 radical (unpaired) electrons. The van der Waals surface area contributed by atoms with E-state index < -0.39 is 0 Å². The maximum atomic E-state index is 5.88. The molecule has 0 amide bonds. The van der Waals surface area contributed by atoms with Gasteiger partial charge < -0.3 is 10.6 Å². The van der Waals surface area contributed by atoms with Gasteiger partial charge in [0.25, 0.3) is 0 Å². The Labute approximate surface area is 98.7 Å². The molecule has 16 heavy (non-hydrogen) atoms. The van der Waals surface area contributed by atoms with Crippen LogP contribution in [0.3, 0.4) is 0 Å². The molecule has 0 bridgehead atoms. The summed E-state index contributed by atoms with van der Waals surface area (Å²) in [5.41, 5.74) is 7.15. The summed E-state index contributed by atoms with van der Waals surface area (Å²) >= 11 is 0. The fraction of sp³-hybridized carbons (Fsp3) is 0.615. The van der Waals surface area contributed by atoms with E-state index in [1.165, 1.54) is 12.0 Å². The van der Waals surface area contributed by atoms with Gasteiger partial charge in [0.2, 0.25) is 0 Å². The van der Waals surface area contributed by atoms with E-state index in [0.717, 1.165) is 25.9 Å². The van der Waals surface area contributed by atoms with Crippen LogP contribution in [0.15, 0.2) is 24.5 Å². The van der Waals surface area contributed by atoms with Crippen molar-refractivity contribution in [3.63, 3.8) is 0 Å². The van der Waals surface area contributed by atoms with Crippen LogP contribution in [0.1, 0.15) is 31.7 Å². The maximum Gasteiger partial charge on any atom is 0.0312 e. The molecule has 3 nitrogen and oxygen atoms in total. The molecular weight excluding hydrogens is 198 g/mol. The number of aromatic nitrogens is 1. The molecule has 0 saturated heterocycles. The van der Waals surface area contributed by atoms with Gasteiger partial charge in [-0.1, -0.05) is 13.0 Å². The Hall–Kier alpha value is -0.930. The molecule has 0 fully saturated rings. The van der Waals surface area contributed by atoms with E-state index >= 15 is 0 Å². The Kier molecular flexibility index (Phi) is 6.04. The van der Waals surface area contributed by atoms with Crippen molar-refractivity contribution in [2.45, 2.75) is 38.8 Å². The molecule has 0 aliphatic rings. The fourth-order valence-corrected chi connectivity index (χ4v) is 1.71. The van der Waals surface area contributed by atoms with Crippen molar-refractivity contribution in [2.24, 2.45) is 5.73 Å². The van der Waals surface area contributed by atoms with E-state index in [4.69, 9.17) is 5.73 Å². The molecule has 0 aliphatic carbocycles. The van der Waals surface area contributed by atoms with Crippen molar-refractivity contribution in [2.75, 3.05) is 13.6 Å². The Morgan fingerprint density at radius 2 is 2.31 bits per heavy atom. The van der Waals surface area contributed by atoms with Gasteiger partial charge in [-0.05, 0) is 44.5 Å². The topological polar surface area (TPSA) is 42.1 Å². The first-order valence-corrected chi connectivity index (χ1v) is 6.05. The van der Waals surface area contributed by atoms with Gasteiger partial charge in [0, 0.05) is 25.0 Å². The predicted octanol–water partition coefficient (Wildman–Crippen LogP) is 2.03. The van der Waals surface area contributed by atoms with Gasteiger partial charge in [0.05, 0.1) is 0 Å². The maximum absolute atomic E-state index is 5.88. The zero-order valence-electron chi connectivity index (χ0n) is 10.4. The molecular formula is C13H23N3. The second kappa shape index (κ2) is 7.36. The summed E-state index contributed by atoms with van der Waals surface area (Å²) in [6, 6.07) is 4.46. The van der Waals surface area contributed by atoms with Crippen molar-refractivity contribution in [3.05, 3.63) is 30.1 Å². The number of hydrogen-bond donors (Lipinski definition) is 1. The summed E-state index contributed by atoms with van der Waals surface area (Å²) in [7, 11) is 2.14. The number of rotatable bonds is 7. The van der Waals surface area contributed by atoms with Crippen molar-refractivity contribution in [1.82, 2.24) is 9.88 Å². The molecule has 1 aromatic rings. The Balaban J connectivity index is 2.19. The minimum Gasteiger partial charge on any atom is -0.328 e. The van der Waals surface area contributed by atoms with E-state index in [9.17, 15) is 0 Å². The lowest BCUT2D eigenvalue weighted by molar-refractivity contribution is 0.313. The van der Waals surface area contributed by atoms with Crippen LogP contribution in [0.25, 0.3) is 0 Å². The molecule has 1 aromatic heterocycles. The van der Waals surface area contributed by atoms with E-state index in [-0.39, 0.29) is 0 Å². The zero-order chi connectivity index (χ0) is 11.8. The van der Waals surface area contributed by atoms with Crippen molar-refractivity contribution < 1.29 is 0 Å². The summed E-state index contributed by atoms with van der Waals surface area (Å²) in [5, 5.41) is 0. The van der Waals surface area contributed by atoms with E-state index in [2.05, 4.69) is 29.9 Å². The molecule has 90 valence electrons. The van der Waals surface area contributed by atoms with Crippen LogP contribution in [0.5, 0.6) is 0 Å². The second-order valence-electron chi connectivity index (χ2n) is 4.41. The molecule has 1 unspecified atom stereocenters. The minimum atomic E-state index is 0.367. The van der Waals surface area contributed by atoms with Gasteiger partial charge in [0.15, 0.2) is 0 Å². The first-order valence-electron chi connectivity index (χ1n) is 6.05. The Bertz CT molecular complexity index is 274. The first-order chi connectivity index (χ1) is 7.72. The van der Waals surface area contributed by atoms with Gasteiger partial charge in [-0.3, -0.25) is 4.98 Å². The molecule has 1 rings (SSSR count). The third-order valence-electron chi connectivity index (χ3n) is 2.81. The van der Waals surface area contributed by atoms with Crippen molar-refractivity contribution >= 4 is 0 Å². The lowest BCUT2D eigenvalue weighted by Gasteiger charge is -2.17. The highest BCUT2D eigenvalue weighted by Crippen LogP contribution is 2.04. The molecule has 1 heterocycles. The van der Waals surface area contributed by atoms with Gasteiger partial charge >= 0.3 is 0 Å². The highest BCUT2D eigenvalue weighted by atomic mass is 15.1. The van der Waals surface area contributed by atoms with Crippen LogP contribution in [0.2, 0.25) is 0 Å². The first kappa shape index (κ1) is 13.1. The summed E-state index contributed by atoms with van der Waals surface area (Å²) < 4.78 is 0. The monoisotopic (exact) mass is 221 g/mol.